The summed E-state index contributed by atoms with van der Waals surface area (Å²) in [5, 5.41) is 13.7. The standard InChI is InChI=1S/C18H21N7O/c1-13(26)21-14-7-9-15(10-8-14)24(18-19-11-4-12-20-18)25-17-6-3-2-5-16(17)22-23-25/h2-6,11-12,14-15H,7-10H2,1H3,(H,21,26). The Morgan fingerprint density at radius 2 is 1.85 bits per heavy atom. The van der Waals surface area contributed by atoms with Gasteiger partial charge in [-0.25, -0.2) is 15.0 Å². The number of amides is 1. The summed E-state index contributed by atoms with van der Waals surface area (Å²) >= 11 is 0. The van der Waals surface area contributed by atoms with Crippen LogP contribution >= 0.6 is 0 Å². The minimum absolute atomic E-state index is 0.0268. The van der Waals surface area contributed by atoms with Crippen LogP contribution in [0.4, 0.5) is 5.95 Å². The first-order valence-corrected chi connectivity index (χ1v) is 8.86. The third-order valence-corrected chi connectivity index (χ3v) is 4.75. The van der Waals surface area contributed by atoms with Crippen molar-refractivity contribution in [2.45, 2.75) is 44.7 Å². The van der Waals surface area contributed by atoms with Gasteiger partial charge in [-0.2, -0.15) is 0 Å². The van der Waals surface area contributed by atoms with Gasteiger partial charge in [0.05, 0.1) is 6.04 Å². The molecule has 0 saturated heterocycles. The van der Waals surface area contributed by atoms with E-state index < -0.39 is 0 Å². The van der Waals surface area contributed by atoms with Gasteiger partial charge in [0.2, 0.25) is 11.9 Å². The first-order chi connectivity index (χ1) is 12.7. The van der Waals surface area contributed by atoms with Crippen molar-refractivity contribution in [3.8, 4) is 0 Å². The van der Waals surface area contributed by atoms with Gasteiger partial charge in [0.1, 0.15) is 11.0 Å². The first kappa shape index (κ1) is 16.4. The Morgan fingerprint density at radius 1 is 1.12 bits per heavy atom. The Balaban J connectivity index is 1.66. The molecule has 1 aliphatic carbocycles. The summed E-state index contributed by atoms with van der Waals surface area (Å²) < 4.78 is 0. The number of benzene rings is 1. The summed E-state index contributed by atoms with van der Waals surface area (Å²) in [7, 11) is 0. The number of fused-ring (bicyclic) bond motifs is 1. The Hall–Kier alpha value is -3.03. The van der Waals surface area contributed by atoms with Gasteiger partial charge >= 0.3 is 0 Å². The molecule has 1 aromatic carbocycles. The van der Waals surface area contributed by atoms with Crippen molar-refractivity contribution in [3.05, 3.63) is 42.7 Å². The van der Waals surface area contributed by atoms with E-state index in [2.05, 4.69) is 25.6 Å². The molecule has 8 heteroatoms. The first-order valence-electron chi connectivity index (χ1n) is 8.86. The van der Waals surface area contributed by atoms with Gasteiger partial charge in [0, 0.05) is 25.4 Å². The fourth-order valence-corrected chi connectivity index (χ4v) is 3.58. The molecule has 134 valence electrons. The summed E-state index contributed by atoms with van der Waals surface area (Å²) in [6.45, 7) is 1.57. The summed E-state index contributed by atoms with van der Waals surface area (Å²) in [5.74, 6) is 0.630. The van der Waals surface area contributed by atoms with Crippen LogP contribution in [0.5, 0.6) is 0 Å². The molecule has 1 fully saturated rings. The minimum atomic E-state index is 0.0268. The number of nitrogens with one attached hydrogen (secondary N) is 1. The lowest BCUT2D eigenvalue weighted by Gasteiger charge is -2.36. The highest BCUT2D eigenvalue weighted by Gasteiger charge is 2.30. The second-order valence-electron chi connectivity index (χ2n) is 6.57. The molecule has 1 aliphatic rings. The molecule has 0 atom stereocenters. The quantitative estimate of drug-likeness (QED) is 0.773. The number of nitrogens with zero attached hydrogens (tertiary/aromatic N) is 6. The molecule has 1 amide bonds. The van der Waals surface area contributed by atoms with Crippen molar-refractivity contribution in [2.24, 2.45) is 0 Å². The van der Waals surface area contributed by atoms with Gasteiger partial charge in [0.15, 0.2) is 0 Å². The number of carbonyl (C=O) groups is 1. The molecule has 3 aromatic rings. The molecule has 4 rings (SSSR count). The van der Waals surface area contributed by atoms with Gasteiger partial charge in [-0.1, -0.05) is 12.1 Å². The SMILES string of the molecule is CC(=O)NC1CCC(N(c2ncccn2)n2nnc3ccccc32)CC1. The van der Waals surface area contributed by atoms with Crippen molar-refractivity contribution >= 4 is 22.9 Å². The summed E-state index contributed by atoms with van der Waals surface area (Å²) in [5.41, 5.74) is 1.75. The predicted octanol–water partition coefficient (Wildman–Crippen LogP) is 1.94. The van der Waals surface area contributed by atoms with Crippen molar-refractivity contribution in [1.82, 2.24) is 30.4 Å². The van der Waals surface area contributed by atoms with Gasteiger partial charge in [0.25, 0.3) is 0 Å². The maximum Gasteiger partial charge on any atom is 0.246 e. The van der Waals surface area contributed by atoms with E-state index in [1.54, 1.807) is 30.2 Å². The molecule has 0 bridgehead atoms. The van der Waals surface area contributed by atoms with E-state index >= 15 is 0 Å². The highest BCUT2D eigenvalue weighted by molar-refractivity contribution is 5.74. The normalized spacial score (nSPS) is 20.0. The molecule has 8 nitrogen and oxygen atoms in total. The summed E-state index contributed by atoms with van der Waals surface area (Å²) in [6.07, 6.45) is 7.13. The van der Waals surface area contributed by atoms with Crippen LogP contribution in [-0.2, 0) is 4.79 Å². The van der Waals surface area contributed by atoms with E-state index in [1.807, 2.05) is 29.3 Å². The van der Waals surface area contributed by atoms with E-state index in [-0.39, 0.29) is 18.0 Å². The predicted molar refractivity (Wildman–Crippen MR) is 97.3 cm³/mol. The summed E-state index contributed by atoms with van der Waals surface area (Å²) in [4.78, 5) is 22.0. The third-order valence-electron chi connectivity index (χ3n) is 4.75. The maximum atomic E-state index is 11.3. The van der Waals surface area contributed by atoms with Crippen LogP contribution in [0.1, 0.15) is 32.6 Å². The number of para-hydroxylation sites is 1. The van der Waals surface area contributed by atoms with E-state index in [9.17, 15) is 4.79 Å². The molecule has 2 aromatic heterocycles. The number of aromatic nitrogens is 5. The molecular formula is C18H21N7O. The molecule has 0 radical (unpaired) electrons. The van der Waals surface area contributed by atoms with Gasteiger partial charge < -0.3 is 5.32 Å². The van der Waals surface area contributed by atoms with Gasteiger partial charge in [-0.15, -0.1) is 9.89 Å². The second-order valence-corrected chi connectivity index (χ2v) is 6.57. The van der Waals surface area contributed by atoms with Crippen molar-refractivity contribution in [2.75, 3.05) is 5.01 Å². The van der Waals surface area contributed by atoms with Crippen LogP contribution in [0.25, 0.3) is 11.0 Å². The molecule has 26 heavy (non-hydrogen) atoms. The van der Waals surface area contributed by atoms with E-state index in [0.29, 0.717) is 5.95 Å². The maximum absolute atomic E-state index is 11.3. The topological polar surface area (TPSA) is 88.8 Å². The average molecular weight is 351 g/mol. The minimum Gasteiger partial charge on any atom is -0.354 e. The van der Waals surface area contributed by atoms with Crippen LogP contribution in [0, 0.1) is 0 Å². The Labute approximate surface area is 151 Å². The number of carbonyl (C=O) groups excluding carboxylic acids is 1. The Morgan fingerprint density at radius 3 is 2.58 bits per heavy atom. The zero-order valence-electron chi connectivity index (χ0n) is 14.6. The Kier molecular flexibility index (Phi) is 4.47. The lowest BCUT2D eigenvalue weighted by molar-refractivity contribution is -0.119. The van der Waals surface area contributed by atoms with Gasteiger partial charge in [-0.05, 0) is 49.1 Å². The van der Waals surface area contributed by atoms with Crippen LogP contribution in [-0.4, -0.2) is 43.1 Å². The second kappa shape index (κ2) is 7.07. The third kappa shape index (κ3) is 3.22. The molecule has 0 unspecified atom stereocenters. The van der Waals surface area contributed by atoms with Crippen LogP contribution < -0.4 is 10.3 Å². The van der Waals surface area contributed by atoms with Gasteiger partial charge in [-0.3, -0.25) is 4.79 Å². The fraction of sp³-hybridized carbons (Fsp3) is 0.389. The molecule has 0 aliphatic heterocycles. The van der Waals surface area contributed by atoms with Crippen molar-refractivity contribution in [3.63, 3.8) is 0 Å². The number of hydrogen-bond acceptors (Lipinski definition) is 6. The molecular weight excluding hydrogens is 330 g/mol. The number of anilines is 1. The van der Waals surface area contributed by atoms with Crippen LogP contribution in [0.15, 0.2) is 42.7 Å². The molecule has 1 N–H and O–H groups in total. The fourth-order valence-electron chi connectivity index (χ4n) is 3.58. The smallest absolute Gasteiger partial charge is 0.246 e. The van der Waals surface area contributed by atoms with Crippen molar-refractivity contribution in [1.29, 1.82) is 0 Å². The summed E-state index contributed by atoms with van der Waals surface area (Å²) in [6, 6.07) is 10.1. The average Bonchev–Trinajstić information content (AvgIpc) is 3.08. The van der Waals surface area contributed by atoms with Crippen LogP contribution in [0.2, 0.25) is 0 Å². The Bertz CT molecular complexity index is 887. The zero-order chi connectivity index (χ0) is 17.9. The zero-order valence-corrected chi connectivity index (χ0v) is 14.6. The molecule has 1 saturated carbocycles. The van der Waals surface area contributed by atoms with Crippen LogP contribution in [0.3, 0.4) is 0 Å². The largest absolute Gasteiger partial charge is 0.354 e. The highest BCUT2D eigenvalue weighted by Crippen LogP contribution is 2.27. The van der Waals surface area contributed by atoms with E-state index in [1.165, 1.54) is 0 Å². The van der Waals surface area contributed by atoms with E-state index in [0.717, 1.165) is 36.7 Å². The monoisotopic (exact) mass is 351 g/mol. The lowest BCUT2D eigenvalue weighted by Crippen LogP contribution is -2.46. The molecule has 2 heterocycles. The lowest BCUT2D eigenvalue weighted by atomic mass is 9.91. The van der Waals surface area contributed by atoms with Crippen molar-refractivity contribution < 1.29 is 4.79 Å². The number of hydrogen-bond donors (Lipinski definition) is 1. The number of rotatable bonds is 4. The highest BCUT2D eigenvalue weighted by atomic mass is 16.1. The molecule has 0 spiro atoms. The van der Waals surface area contributed by atoms with E-state index in [4.69, 9.17) is 0 Å².